The second-order valence-corrected chi connectivity index (χ2v) is 12.5. The molecule has 248 valence electrons. The number of carbonyl (C=O) groups is 2. The van der Waals surface area contributed by atoms with Crippen LogP contribution >= 0.6 is 11.3 Å². The highest BCUT2D eigenvalue weighted by atomic mass is 32.2. The van der Waals surface area contributed by atoms with E-state index in [1.165, 1.54) is 10.9 Å². The number of hydrogen-bond acceptors (Lipinski definition) is 13. The fourth-order valence-electron chi connectivity index (χ4n) is 4.36. The van der Waals surface area contributed by atoms with Gasteiger partial charge in [0.15, 0.2) is 16.7 Å². The van der Waals surface area contributed by atoms with Gasteiger partial charge in [0.1, 0.15) is 37.0 Å². The molecule has 16 nitrogen and oxygen atoms in total. The largest absolute Gasteiger partial charge is 0.492 e. The Labute approximate surface area is 274 Å². The summed E-state index contributed by atoms with van der Waals surface area (Å²) in [7, 11) is -2.77. The number of ether oxygens (including phenoxy) is 3. The lowest BCUT2D eigenvalue weighted by atomic mass is 10.2. The van der Waals surface area contributed by atoms with E-state index in [0.717, 1.165) is 35.4 Å². The van der Waals surface area contributed by atoms with E-state index < -0.39 is 28.6 Å². The average molecular weight is 685 g/mol. The highest BCUT2D eigenvalue weighted by molar-refractivity contribution is 7.75. The van der Waals surface area contributed by atoms with E-state index in [4.69, 9.17) is 14.2 Å². The van der Waals surface area contributed by atoms with Gasteiger partial charge in [-0.2, -0.15) is 0 Å². The number of aromatic nitrogens is 7. The van der Waals surface area contributed by atoms with Crippen molar-refractivity contribution in [2.75, 3.05) is 13.2 Å². The first-order valence-electron chi connectivity index (χ1n) is 14.5. The van der Waals surface area contributed by atoms with Gasteiger partial charge in [-0.3, -0.25) is 4.79 Å². The number of benzene rings is 2. The Morgan fingerprint density at radius 2 is 1.79 bits per heavy atom. The predicted molar refractivity (Wildman–Crippen MR) is 168 cm³/mol. The van der Waals surface area contributed by atoms with E-state index in [-0.39, 0.29) is 30.7 Å². The predicted octanol–water partition coefficient (Wildman–Crippen LogP) is 1.85. The molecule has 1 atom stereocenters. The van der Waals surface area contributed by atoms with Crippen molar-refractivity contribution < 1.29 is 37.3 Å². The van der Waals surface area contributed by atoms with E-state index in [1.807, 2.05) is 24.4 Å². The summed E-state index contributed by atoms with van der Waals surface area (Å²) in [4.78, 5) is 28.4. The van der Waals surface area contributed by atoms with E-state index in [0.29, 0.717) is 40.6 Å². The van der Waals surface area contributed by atoms with Gasteiger partial charge in [0, 0.05) is 6.20 Å². The molecule has 2 aromatic carbocycles. The summed E-state index contributed by atoms with van der Waals surface area (Å²) in [5.41, 5.74) is 2.70. The Bertz CT molecular complexity index is 1900. The van der Waals surface area contributed by atoms with Gasteiger partial charge in [0.2, 0.25) is 10.2 Å². The summed E-state index contributed by atoms with van der Waals surface area (Å²) in [5.74, 6) is -0.722. The fraction of sp³-hybridized carbons (Fsp3) is 0.345. The van der Waals surface area contributed by atoms with Crippen LogP contribution in [-0.4, -0.2) is 79.6 Å². The standard InChI is InChI=1S/C29H32N8O8S2/c1-2-4-20-13-36(34-32-20)9-10-44-22-6-3-5-19(11-22)16-43-18-25(28(39)40)30-27(38)15-37-14-21(33-35-37)17-45-23-7-8-24-26(12-23)46-29(31-24)47(41)42/h3,5-8,11-14,25,47H,2,4,9-10,15-18H2,1H3,(H,30,38)(H,39,40)/t25-/m1/s1. The number of thiazole rings is 1. The summed E-state index contributed by atoms with van der Waals surface area (Å²) in [5, 5.41) is 28.2. The first-order chi connectivity index (χ1) is 22.7. The van der Waals surface area contributed by atoms with Crippen molar-refractivity contribution in [3.63, 3.8) is 0 Å². The fourth-order valence-corrected chi connectivity index (χ4v) is 5.87. The minimum Gasteiger partial charge on any atom is -0.492 e. The molecule has 0 saturated carbocycles. The number of fused-ring (bicyclic) bond motifs is 1. The Balaban J connectivity index is 1.04. The van der Waals surface area contributed by atoms with Gasteiger partial charge < -0.3 is 24.6 Å². The molecule has 0 unspecified atom stereocenters. The first kappa shape index (κ1) is 33.4. The molecule has 5 aromatic rings. The summed E-state index contributed by atoms with van der Waals surface area (Å²) >= 11 is 1.04. The second-order valence-electron chi connectivity index (χ2n) is 10.3. The van der Waals surface area contributed by atoms with Crippen LogP contribution in [-0.2, 0) is 57.8 Å². The number of nitrogens with one attached hydrogen (secondary N) is 1. The third kappa shape index (κ3) is 9.77. The zero-order valence-electron chi connectivity index (χ0n) is 25.2. The van der Waals surface area contributed by atoms with Gasteiger partial charge in [-0.15, -0.1) is 21.5 Å². The maximum atomic E-state index is 12.6. The lowest BCUT2D eigenvalue weighted by Crippen LogP contribution is -2.45. The van der Waals surface area contributed by atoms with E-state index in [2.05, 4.69) is 37.8 Å². The zero-order chi connectivity index (χ0) is 33.2. The molecule has 0 fully saturated rings. The molecule has 3 aromatic heterocycles. The summed E-state index contributed by atoms with van der Waals surface area (Å²) in [6, 6.07) is 11.0. The molecule has 47 heavy (non-hydrogen) atoms. The van der Waals surface area contributed by atoms with Crippen molar-refractivity contribution in [2.24, 2.45) is 0 Å². The number of nitrogens with zero attached hydrogens (tertiary/aromatic N) is 7. The first-order valence-corrected chi connectivity index (χ1v) is 16.5. The van der Waals surface area contributed by atoms with Crippen molar-refractivity contribution in [1.29, 1.82) is 0 Å². The molecule has 0 radical (unpaired) electrons. The van der Waals surface area contributed by atoms with Crippen LogP contribution in [0.25, 0.3) is 10.2 Å². The average Bonchev–Trinajstić information content (AvgIpc) is 3.80. The molecule has 0 aliphatic rings. The van der Waals surface area contributed by atoms with Gasteiger partial charge in [-0.1, -0.05) is 35.9 Å². The zero-order valence-corrected chi connectivity index (χ0v) is 26.9. The minimum absolute atomic E-state index is 0.0257. The quantitative estimate of drug-likeness (QED) is 0.113. The molecule has 5 rings (SSSR count). The number of hydrogen-bond donors (Lipinski definition) is 3. The van der Waals surface area contributed by atoms with Crippen molar-refractivity contribution in [1.82, 2.24) is 40.3 Å². The minimum atomic E-state index is -2.77. The van der Waals surface area contributed by atoms with Gasteiger partial charge >= 0.3 is 5.97 Å². The smallest absolute Gasteiger partial charge is 0.328 e. The van der Waals surface area contributed by atoms with Crippen LogP contribution in [0.1, 0.15) is 30.3 Å². The number of carboxylic acid groups (broad SMARTS) is 1. The Hall–Kier alpha value is -4.94. The monoisotopic (exact) mass is 684 g/mol. The number of rotatable bonds is 18. The normalized spacial score (nSPS) is 12.0. The molecule has 3 heterocycles. The summed E-state index contributed by atoms with van der Waals surface area (Å²) in [6.07, 6.45) is 5.28. The molecule has 0 bridgehead atoms. The van der Waals surface area contributed by atoms with E-state index >= 15 is 0 Å². The van der Waals surface area contributed by atoms with Crippen molar-refractivity contribution in [3.05, 3.63) is 71.8 Å². The second kappa shape index (κ2) is 16.1. The van der Waals surface area contributed by atoms with Gasteiger partial charge in [-0.05, 0) is 42.3 Å². The molecule has 0 aliphatic heterocycles. The Kier molecular flexibility index (Phi) is 11.4. The third-order valence-corrected chi connectivity index (χ3v) is 8.50. The SMILES string of the molecule is CCCc1cn(CCOc2cccc(COC[C@@H](NC(=O)Cn3cc(COc4ccc5nc([SH](=O)=O)sc5c4)nn3)C(=O)O)c2)nn1. The third-order valence-electron chi connectivity index (χ3n) is 6.55. The van der Waals surface area contributed by atoms with Crippen molar-refractivity contribution in [2.45, 2.75) is 56.5 Å². The van der Waals surface area contributed by atoms with Crippen LogP contribution in [0.3, 0.4) is 0 Å². The lowest BCUT2D eigenvalue weighted by molar-refractivity contribution is -0.144. The number of aryl methyl sites for hydroxylation is 1. The van der Waals surface area contributed by atoms with Crippen molar-refractivity contribution in [3.8, 4) is 11.5 Å². The Morgan fingerprint density at radius 1 is 1.00 bits per heavy atom. The highest BCUT2D eigenvalue weighted by Crippen LogP contribution is 2.27. The van der Waals surface area contributed by atoms with Crippen molar-refractivity contribution >= 4 is 44.1 Å². The molecule has 0 aliphatic carbocycles. The topological polar surface area (TPSA) is 203 Å². The molecular weight excluding hydrogens is 653 g/mol. The van der Waals surface area contributed by atoms with Crippen LogP contribution in [0.15, 0.2) is 59.2 Å². The van der Waals surface area contributed by atoms with Gasteiger partial charge in [0.05, 0.1) is 41.9 Å². The summed E-state index contributed by atoms with van der Waals surface area (Å²) < 4.78 is 43.2. The molecule has 1 amide bonds. The lowest BCUT2D eigenvalue weighted by Gasteiger charge is -2.15. The van der Waals surface area contributed by atoms with Crippen LogP contribution in [0.4, 0.5) is 0 Å². The van der Waals surface area contributed by atoms with E-state index in [9.17, 15) is 23.1 Å². The molecule has 0 spiro atoms. The van der Waals surface area contributed by atoms with Crippen LogP contribution in [0.5, 0.6) is 11.5 Å². The summed E-state index contributed by atoms with van der Waals surface area (Å²) in [6.45, 7) is 2.65. The highest BCUT2D eigenvalue weighted by Gasteiger charge is 2.21. The van der Waals surface area contributed by atoms with E-state index in [1.54, 1.807) is 28.9 Å². The molecule has 2 N–H and O–H groups in total. The number of carboxylic acids is 1. The maximum Gasteiger partial charge on any atom is 0.328 e. The van der Waals surface area contributed by atoms with Gasteiger partial charge in [-0.25, -0.2) is 27.6 Å². The molecule has 18 heteroatoms. The van der Waals surface area contributed by atoms with Crippen LogP contribution in [0, 0.1) is 0 Å². The Morgan fingerprint density at radius 3 is 2.60 bits per heavy atom. The number of aliphatic carboxylic acids is 1. The molecule has 0 saturated heterocycles. The number of carbonyl (C=O) groups excluding carboxylic acids is 1. The van der Waals surface area contributed by atoms with Gasteiger partial charge in [0.25, 0.3) is 0 Å². The number of thiol groups is 1. The van der Waals surface area contributed by atoms with Crippen LogP contribution < -0.4 is 14.8 Å². The number of amides is 1. The molecular formula is C29H32N8O8S2. The van der Waals surface area contributed by atoms with Crippen LogP contribution in [0.2, 0.25) is 0 Å². The maximum absolute atomic E-state index is 12.6.